The third kappa shape index (κ3) is 3.42. The zero-order chi connectivity index (χ0) is 11.4. The van der Waals surface area contributed by atoms with Crippen molar-refractivity contribution < 1.29 is 0 Å². The Morgan fingerprint density at radius 3 is 2.19 bits per heavy atom. The Kier molecular flexibility index (Phi) is 4.58. The molecule has 1 N–H and O–H groups in total. The number of hydrogen-bond donors (Lipinski definition) is 1. The molecule has 4 nitrogen and oxygen atoms in total. The topological polar surface area (TPSA) is 21.8 Å². The highest BCUT2D eigenvalue weighted by molar-refractivity contribution is 4.76. The molecule has 0 aromatic rings. The lowest BCUT2D eigenvalue weighted by atomic mass is 9.97. The maximum absolute atomic E-state index is 3.25. The van der Waals surface area contributed by atoms with Crippen LogP contribution >= 0.6 is 0 Å². The summed E-state index contributed by atoms with van der Waals surface area (Å²) in [5, 5.41) is 2.33. The van der Waals surface area contributed by atoms with Crippen LogP contribution in [0.5, 0.6) is 0 Å². The lowest BCUT2D eigenvalue weighted by molar-refractivity contribution is 0.0905. The van der Waals surface area contributed by atoms with Crippen molar-refractivity contribution in [2.24, 2.45) is 5.92 Å². The van der Waals surface area contributed by atoms with Gasteiger partial charge in [0.05, 0.1) is 0 Å². The predicted molar refractivity (Wildman–Crippen MR) is 67.3 cm³/mol. The first kappa shape index (κ1) is 12.3. The van der Waals surface area contributed by atoms with Crippen molar-refractivity contribution >= 4 is 0 Å². The van der Waals surface area contributed by atoms with Gasteiger partial charge in [0.1, 0.15) is 0 Å². The molecule has 0 aliphatic carbocycles. The molecule has 2 heterocycles. The van der Waals surface area contributed by atoms with Crippen molar-refractivity contribution in [2.45, 2.75) is 12.8 Å². The summed E-state index contributed by atoms with van der Waals surface area (Å²) in [4.78, 5) is 5.08. The molecule has 0 amide bonds. The first-order chi connectivity index (χ1) is 7.78. The Labute approximate surface area is 99.5 Å². The summed E-state index contributed by atoms with van der Waals surface area (Å²) >= 11 is 0. The van der Waals surface area contributed by atoms with Crippen LogP contribution in [-0.2, 0) is 0 Å². The molecule has 16 heavy (non-hydrogen) atoms. The maximum Gasteiger partial charge on any atom is 0.0134 e. The fourth-order valence-corrected chi connectivity index (χ4v) is 2.73. The summed E-state index contributed by atoms with van der Waals surface area (Å²) < 4.78 is 0. The molecule has 94 valence electrons. The van der Waals surface area contributed by atoms with Crippen molar-refractivity contribution in [3.8, 4) is 0 Å². The number of hydrazine groups is 1. The SMILES string of the molecule is CNN1CCC(CN2CCN(C)CC2)CC1. The van der Waals surface area contributed by atoms with Crippen LogP contribution in [0.2, 0.25) is 0 Å². The molecule has 0 saturated carbocycles. The molecule has 2 saturated heterocycles. The second-order valence-electron chi connectivity index (χ2n) is 5.26. The Bertz CT molecular complexity index is 193. The number of piperazine rings is 1. The van der Waals surface area contributed by atoms with E-state index in [-0.39, 0.29) is 0 Å². The molecule has 2 rings (SSSR count). The summed E-state index contributed by atoms with van der Waals surface area (Å²) in [6, 6.07) is 0. The van der Waals surface area contributed by atoms with Crippen LogP contribution < -0.4 is 5.43 Å². The van der Waals surface area contributed by atoms with E-state index < -0.39 is 0 Å². The van der Waals surface area contributed by atoms with Gasteiger partial charge in [0, 0.05) is 45.8 Å². The molecular weight excluding hydrogens is 200 g/mol. The standard InChI is InChI=1S/C12H26N4/c1-13-16-5-3-12(4-6-16)11-15-9-7-14(2)8-10-15/h12-13H,3-11H2,1-2H3. The van der Waals surface area contributed by atoms with E-state index in [1.165, 1.54) is 58.7 Å². The van der Waals surface area contributed by atoms with Crippen LogP contribution in [0.4, 0.5) is 0 Å². The predicted octanol–water partition coefficient (Wildman–Crippen LogP) is 0.0802. The summed E-state index contributed by atoms with van der Waals surface area (Å²) in [5.41, 5.74) is 3.25. The van der Waals surface area contributed by atoms with Crippen LogP contribution in [0, 0.1) is 5.92 Å². The van der Waals surface area contributed by atoms with E-state index in [4.69, 9.17) is 0 Å². The van der Waals surface area contributed by atoms with E-state index in [2.05, 4.69) is 27.3 Å². The Morgan fingerprint density at radius 2 is 1.62 bits per heavy atom. The van der Waals surface area contributed by atoms with Gasteiger partial charge in [-0.1, -0.05) is 0 Å². The number of hydrogen-bond acceptors (Lipinski definition) is 4. The van der Waals surface area contributed by atoms with Crippen LogP contribution in [0.1, 0.15) is 12.8 Å². The van der Waals surface area contributed by atoms with E-state index in [0.717, 1.165) is 5.92 Å². The smallest absolute Gasteiger partial charge is 0.0134 e. The fraction of sp³-hybridized carbons (Fsp3) is 1.00. The summed E-state index contributed by atoms with van der Waals surface area (Å²) in [6.45, 7) is 8.78. The average molecular weight is 226 g/mol. The molecule has 2 aliphatic heterocycles. The highest BCUT2D eigenvalue weighted by atomic mass is 15.5. The van der Waals surface area contributed by atoms with E-state index in [9.17, 15) is 0 Å². The third-order valence-electron chi connectivity index (χ3n) is 4.04. The molecular formula is C12H26N4. The highest BCUT2D eigenvalue weighted by Crippen LogP contribution is 2.17. The van der Waals surface area contributed by atoms with Crippen LogP contribution in [0.25, 0.3) is 0 Å². The molecule has 0 radical (unpaired) electrons. The van der Waals surface area contributed by atoms with Gasteiger partial charge in [0.25, 0.3) is 0 Å². The lowest BCUT2D eigenvalue weighted by Crippen LogP contribution is -2.48. The minimum absolute atomic E-state index is 0.924. The van der Waals surface area contributed by atoms with Crippen LogP contribution in [0.15, 0.2) is 0 Å². The molecule has 0 aromatic heterocycles. The van der Waals surface area contributed by atoms with Gasteiger partial charge in [-0.2, -0.15) is 0 Å². The van der Waals surface area contributed by atoms with Crippen LogP contribution in [-0.4, -0.2) is 74.7 Å². The van der Waals surface area contributed by atoms with Gasteiger partial charge in [0.15, 0.2) is 0 Å². The van der Waals surface area contributed by atoms with Crippen molar-refractivity contribution in [3.05, 3.63) is 0 Å². The maximum atomic E-state index is 3.25. The quantitative estimate of drug-likeness (QED) is 0.736. The third-order valence-corrected chi connectivity index (χ3v) is 4.04. The van der Waals surface area contributed by atoms with Gasteiger partial charge in [-0.05, 0) is 32.9 Å². The number of likely N-dealkylation sites (N-methyl/N-ethyl adjacent to an activating group) is 1. The second-order valence-corrected chi connectivity index (χ2v) is 5.26. The monoisotopic (exact) mass is 226 g/mol. The highest BCUT2D eigenvalue weighted by Gasteiger charge is 2.22. The molecule has 2 fully saturated rings. The minimum atomic E-state index is 0.924. The fourth-order valence-electron chi connectivity index (χ4n) is 2.73. The van der Waals surface area contributed by atoms with Gasteiger partial charge < -0.3 is 9.80 Å². The van der Waals surface area contributed by atoms with Crippen molar-refractivity contribution in [1.82, 2.24) is 20.2 Å². The summed E-state index contributed by atoms with van der Waals surface area (Å²) in [5.74, 6) is 0.924. The molecule has 4 heteroatoms. The van der Waals surface area contributed by atoms with E-state index in [0.29, 0.717) is 0 Å². The normalized spacial score (nSPS) is 27.4. The molecule has 0 bridgehead atoms. The number of piperidine rings is 1. The van der Waals surface area contributed by atoms with Gasteiger partial charge in [0.2, 0.25) is 0 Å². The summed E-state index contributed by atoms with van der Waals surface area (Å²) in [7, 11) is 4.25. The van der Waals surface area contributed by atoms with E-state index >= 15 is 0 Å². The van der Waals surface area contributed by atoms with Gasteiger partial charge in [-0.25, -0.2) is 5.01 Å². The average Bonchev–Trinajstić information content (AvgIpc) is 2.33. The molecule has 0 unspecified atom stereocenters. The van der Waals surface area contributed by atoms with E-state index in [1.54, 1.807) is 0 Å². The summed E-state index contributed by atoms with van der Waals surface area (Å²) in [6.07, 6.45) is 2.71. The number of nitrogens with one attached hydrogen (secondary N) is 1. The first-order valence-corrected chi connectivity index (χ1v) is 6.61. The second kappa shape index (κ2) is 5.96. The minimum Gasteiger partial charge on any atom is -0.304 e. The number of rotatable bonds is 3. The van der Waals surface area contributed by atoms with Gasteiger partial charge in [-0.3, -0.25) is 5.43 Å². The van der Waals surface area contributed by atoms with Crippen molar-refractivity contribution in [1.29, 1.82) is 0 Å². The van der Waals surface area contributed by atoms with Crippen molar-refractivity contribution in [3.63, 3.8) is 0 Å². The van der Waals surface area contributed by atoms with Crippen LogP contribution in [0.3, 0.4) is 0 Å². The number of nitrogens with zero attached hydrogens (tertiary/aromatic N) is 3. The van der Waals surface area contributed by atoms with Crippen molar-refractivity contribution in [2.75, 3.05) is 59.9 Å². The Hall–Kier alpha value is -0.160. The molecule has 2 aliphatic rings. The Morgan fingerprint density at radius 1 is 1.00 bits per heavy atom. The molecule has 0 spiro atoms. The zero-order valence-electron chi connectivity index (χ0n) is 10.8. The largest absolute Gasteiger partial charge is 0.304 e. The lowest BCUT2D eigenvalue weighted by Gasteiger charge is -2.37. The molecule has 0 atom stereocenters. The van der Waals surface area contributed by atoms with E-state index in [1.807, 2.05) is 7.05 Å². The Balaban J connectivity index is 1.66. The van der Waals surface area contributed by atoms with Gasteiger partial charge >= 0.3 is 0 Å². The zero-order valence-corrected chi connectivity index (χ0v) is 10.8. The molecule has 0 aromatic carbocycles. The van der Waals surface area contributed by atoms with Gasteiger partial charge in [-0.15, -0.1) is 0 Å². The first-order valence-electron chi connectivity index (χ1n) is 6.61.